The number of guanidine groups is 1. The number of carbonyl (C=O) groups is 1. The van der Waals surface area contributed by atoms with Crippen LogP contribution in [0.5, 0.6) is 0 Å². The second-order valence-corrected chi connectivity index (χ2v) is 6.71. The third-order valence-electron chi connectivity index (χ3n) is 3.24. The first-order valence-corrected chi connectivity index (χ1v) is 8.35. The number of hydrogen-bond acceptors (Lipinski definition) is 4. The number of amides is 1. The van der Waals surface area contributed by atoms with Crippen LogP contribution in [0.2, 0.25) is 0 Å². The number of aliphatic imine (C=N–C) groups is 1. The summed E-state index contributed by atoms with van der Waals surface area (Å²) in [5, 5.41) is 9.05. The summed E-state index contributed by atoms with van der Waals surface area (Å²) in [5.41, 5.74) is -0.226. The van der Waals surface area contributed by atoms with Crippen LogP contribution < -0.4 is 16.0 Å². The lowest BCUT2D eigenvalue weighted by Crippen LogP contribution is -2.48. The van der Waals surface area contributed by atoms with Gasteiger partial charge in [-0.05, 0) is 40.0 Å². The van der Waals surface area contributed by atoms with Gasteiger partial charge in [0.05, 0.1) is 19.3 Å². The number of hydrogen-bond donors (Lipinski definition) is 3. The van der Waals surface area contributed by atoms with Crippen LogP contribution in [-0.4, -0.2) is 63.5 Å². The largest absolute Gasteiger partial charge is 0.379 e. The van der Waals surface area contributed by atoms with E-state index < -0.39 is 0 Å². The quantitative estimate of drug-likeness (QED) is 0.222. The standard InChI is InChI=1S/C16H32N4O3.HI/c1-16(2,3)20-14(21)11-19-15(17-4)18-8-6-9-22-12-13-7-5-10-23-13;/h13H,5-12H2,1-4H3,(H,20,21)(H2,17,18,19);1H. The molecular formula is C16H33IN4O3. The highest BCUT2D eigenvalue weighted by Crippen LogP contribution is 2.11. The lowest BCUT2D eigenvalue weighted by molar-refractivity contribution is -0.121. The van der Waals surface area contributed by atoms with Crippen molar-refractivity contribution in [3.05, 3.63) is 0 Å². The van der Waals surface area contributed by atoms with Crippen molar-refractivity contribution >= 4 is 35.8 Å². The van der Waals surface area contributed by atoms with Crippen molar-refractivity contribution in [1.29, 1.82) is 0 Å². The SMILES string of the molecule is CN=C(NCCCOCC1CCCO1)NCC(=O)NC(C)(C)C.I. The highest BCUT2D eigenvalue weighted by Gasteiger charge is 2.15. The van der Waals surface area contributed by atoms with Crippen LogP contribution in [0.1, 0.15) is 40.0 Å². The summed E-state index contributed by atoms with van der Waals surface area (Å²) in [7, 11) is 1.69. The molecule has 142 valence electrons. The molecule has 1 amide bonds. The van der Waals surface area contributed by atoms with Crippen LogP contribution >= 0.6 is 24.0 Å². The van der Waals surface area contributed by atoms with Gasteiger partial charge in [-0.25, -0.2) is 0 Å². The first-order valence-electron chi connectivity index (χ1n) is 8.35. The fraction of sp³-hybridized carbons (Fsp3) is 0.875. The topological polar surface area (TPSA) is 84.0 Å². The summed E-state index contributed by atoms with van der Waals surface area (Å²) in [6, 6.07) is 0. The van der Waals surface area contributed by atoms with Crippen molar-refractivity contribution in [3.8, 4) is 0 Å². The second kappa shape index (κ2) is 12.7. The Hall–Kier alpha value is -0.610. The van der Waals surface area contributed by atoms with E-state index in [9.17, 15) is 4.79 Å². The van der Waals surface area contributed by atoms with E-state index in [0.717, 1.165) is 32.4 Å². The maximum Gasteiger partial charge on any atom is 0.239 e. The molecule has 1 unspecified atom stereocenters. The molecule has 1 aliphatic heterocycles. The van der Waals surface area contributed by atoms with Crippen molar-refractivity contribution in [2.75, 3.05) is 40.0 Å². The Balaban J connectivity index is 0.00000529. The van der Waals surface area contributed by atoms with Gasteiger partial charge >= 0.3 is 0 Å². The minimum Gasteiger partial charge on any atom is -0.379 e. The van der Waals surface area contributed by atoms with Gasteiger partial charge in [0.25, 0.3) is 0 Å². The van der Waals surface area contributed by atoms with Gasteiger partial charge in [0.15, 0.2) is 5.96 Å². The van der Waals surface area contributed by atoms with Crippen molar-refractivity contribution < 1.29 is 14.3 Å². The zero-order chi connectivity index (χ0) is 17.1. The average molecular weight is 456 g/mol. The summed E-state index contributed by atoms with van der Waals surface area (Å²) in [6.45, 7) is 9.03. The van der Waals surface area contributed by atoms with Crippen LogP contribution in [-0.2, 0) is 14.3 Å². The zero-order valence-electron chi connectivity index (χ0n) is 15.3. The predicted octanol–water partition coefficient (Wildman–Crippen LogP) is 1.27. The van der Waals surface area contributed by atoms with E-state index in [1.165, 1.54) is 0 Å². The number of nitrogens with one attached hydrogen (secondary N) is 3. The fourth-order valence-electron chi connectivity index (χ4n) is 2.22. The lowest BCUT2D eigenvalue weighted by Gasteiger charge is -2.21. The van der Waals surface area contributed by atoms with Crippen molar-refractivity contribution in [2.24, 2.45) is 4.99 Å². The van der Waals surface area contributed by atoms with E-state index in [2.05, 4.69) is 20.9 Å². The van der Waals surface area contributed by atoms with E-state index in [-0.39, 0.29) is 48.1 Å². The number of nitrogens with zero attached hydrogens (tertiary/aromatic N) is 1. The minimum absolute atomic E-state index is 0. The summed E-state index contributed by atoms with van der Waals surface area (Å²) >= 11 is 0. The molecule has 1 rings (SSSR count). The number of rotatable bonds is 8. The molecule has 0 radical (unpaired) electrons. The minimum atomic E-state index is -0.226. The Morgan fingerprint density at radius 1 is 1.33 bits per heavy atom. The maximum atomic E-state index is 11.7. The number of halogens is 1. The molecule has 1 fully saturated rings. The Labute approximate surface area is 162 Å². The molecule has 1 atom stereocenters. The van der Waals surface area contributed by atoms with Crippen molar-refractivity contribution in [3.63, 3.8) is 0 Å². The molecule has 24 heavy (non-hydrogen) atoms. The molecule has 0 aromatic carbocycles. The third kappa shape index (κ3) is 11.9. The van der Waals surface area contributed by atoms with E-state index in [4.69, 9.17) is 9.47 Å². The van der Waals surface area contributed by atoms with Gasteiger partial charge in [0, 0.05) is 32.3 Å². The van der Waals surface area contributed by atoms with Gasteiger partial charge in [-0.15, -0.1) is 24.0 Å². The van der Waals surface area contributed by atoms with E-state index in [1.807, 2.05) is 20.8 Å². The number of carbonyl (C=O) groups excluding carboxylic acids is 1. The smallest absolute Gasteiger partial charge is 0.239 e. The molecule has 1 heterocycles. The summed E-state index contributed by atoms with van der Waals surface area (Å²) < 4.78 is 11.1. The molecule has 0 saturated carbocycles. The van der Waals surface area contributed by atoms with Crippen molar-refractivity contribution in [1.82, 2.24) is 16.0 Å². The maximum absolute atomic E-state index is 11.7. The lowest BCUT2D eigenvalue weighted by atomic mass is 10.1. The monoisotopic (exact) mass is 456 g/mol. The van der Waals surface area contributed by atoms with Crippen LogP contribution in [0, 0.1) is 0 Å². The average Bonchev–Trinajstić information content (AvgIpc) is 2.97. The second-order valence-electron chi connectivity index (χ2n) is 6.71. The highest BCUT2D eigenvalue weighted by atomic mass is 127. The predicted molar refractivity (Wildman–Crippen MR) is 107 cm³/mol. The third-order valence-corrected chi connectivity index (χ3v) is 3.24. The Kier molecular flexibility index (Phi) is 12.4. The molecule has 0 aromatic heterocycles. The van der Waals surface area contributed by atoms with Gasteiger partial charge < -0.3 is 25.4 Å². The molecule has 3 N–H and O–H groups in total. The fourth-order valence-corrected chi connectivity index (χ4v) is 2.22. The molecule has 1 aliphatic rings. The van der Waals surface area contributed by atoms with Crippen LogP contribution in [0.4, 0.5) is 0 Å². The van der Waals surface area contributed by atoms with E-state index in [1.54, 1.807) is 7.05 Å². The molecule has 0 bridgehead atoms. The van der Waals surface area contributed by atoms with Gasteiger partial charge in [0.2, 0.25) is 5.91 Å². The van der Waals surface area contributed by atoms with Gasteiger partial charge in [-0.3, -0.25) is 9.79 Å². The first-order chi connectivity index (χ1) is 10.9. The molecule has 0 spiro atoms. The zero-order valence-corrected chi connectivity index (χ0v) is 17.6. The van der Waals surface area contributed by atoms with Gasteiger partial charge in [0.1, 0.15) is 0 Å². The highest BCUT2D eigenvalue weighted by molar-refractivity contribution is 14.0. The van der Waals surface area contributed by atoms with Crippen LogP contribution in [0.25, 0.3) is 0 Å². The Bertz CT molecular complexity index is 380. The number of ether oxygens (including phenoxy) is 2. The normalized spacial score (nSPS) is 18.0. The first kappa shape index (κ1) is 23.4. The molecule has 0 aromatic rings. The van der Waals surface area contributed by atoms with Crippen LogP contribution in [0.15, 0.2) is 4.99 Å². The summed E-state index contributed by atoms with van der Waals surface area (Å²) in [4.78, 5) is 15.8. The Morgan fingerprint density at radius 3 is 2.67 bits per heavy atom. The molecule has 7 nitrogen and oxygen atoms in total. The summed E-state index contributed by atoms with van der Waals surface area (Å²) in [5.74, 6) is 0.563. The van der Waals surface area contributed by atoms with Gasteiger partial charge in [-0.2, -0.15) is 0 Å². The van der Waals surface area contributed by atoms with Crippen LogP contribution in [0.3, 0.4) is 0 Å². The molecular weight excluding hydrogens is 423 g/mol. The van der Waals surface area contributed by atoms with Crippen molar-refractivity contribution in [2.45, 2.75) is 51.7 Å². The molecule has 1 saturated heterocycles. The summed E-state index contributed by atoms with van der Waals surface area (Å²) in [6.07, 6.45) is 3.40. The van der Waals surface area contributed by atoms with E-state index in [0.29, 0.717) is 19.2 Å². The molecule has 0 aliphatic carbocycles. The molecule has 8 heteroatoms. The van der Waals surface area contributed by atoms with Gasteiger partial charge in [-0.1, -0.05) is 0 Å². The Morgan fingerprint density at radius 2 is 2.08 bits per heavy atom. The van der Waals surface area contributed by atoms with E-state index >= 15 is 0 Å².